The Balaban J connectivity index is 1.62. The van der Waals surface area contributed by atoms with Crippen LogP contribution in [0.1, 0.15) is 28.8 Å². The molecular formula is C21H24BrN3O5S. The zero-order valence-electron chi connectivity index (χ0n) is 17.3. The van der Waals surface area contributed by atoms with Gasteiger partial charge in [-0.1, -0.05) is 11.3 Å². The van der Waals surface area contributed by atoms with Gasteiger partial charge in [0.25, 0.3) is 5.91 Å². The number of rotatable bonds is 7. The summed E-state index contributed by atoms with van der Waals surface area (Å²) in [6.45, 7) is 3.36. The Labute approximate surface area is 193 Å². The zero-order valence-corrected chi connectivity index (χ0v) is 19.7. The summed E-state index contributed by atoms with van der Waals surface area (Å²) in [6, 6.07) is 7.59. The molecule has 0 unspecified atom stereocenters. The van der Waals surface area contributed by atoms with Gasteiger partial charge in [-0.3, -0.25) is 9.59 Å². The van der Waals surface area contributed by atoms with Crippen LogP contribution in [0.3, 0.4) is 0 Å². The molecule has 1 atom stereocenters. The molecule has 2 heterocycles. The van der Waals surface area contributed by atoms with E-state index in [2.05, 4.69) is 26.6 Å². The summed E-state index contributed by atoms with van der Waals surface area (Å²) in [5.41, 5.74) is 1.92. The number of hydrogen-bond donors (Lipinski definition) is 2. The molecule has 3 rings (SSSR count). The van der Waals surface area contributed by atoms with E-state index in [1.54, 1.807) is 30.3 Å². The molecule has 1 aromatic heterocycles. The van der Waals surface area contributed by atoms with Crippen molar-refractivity contribution in [2.75, 3.05) is 32.1 Å². The minimum atomic E-state index is -0.952. The van der Waals surface area contributed by atoms with Crippen LogP contribution in [0, 0.1) is 6.92 Å². The predicted molar refractivity (Wildman–Crippen MR) is 122 cm³/mol. The highest BCUT2D eigenvalue weighted by Gasteiger charge is 2.24. The maximum Gasteiger partial charge on any atom is 0.414 e. The van der Waals surface area contributed by atoms with Crippen LogP contribution in [0.2, 0.25) is 0 Å². The van der Waals surface area contributed by atoms with Gasteiger partial charge in [0.05, 0.1) is 10.4 Å². The molecule has 8 nitrogen and oxygen atoms in total. The first-order chi connectivity index (χ1) is 14.9. The number of likely N-dealkylation sites (tertiary alicyclic amines) is 1. The fourth-order valence-electron chi connectivity index (χ4n) is 3.27. The number of anilines is 1. The minimum Gasteiger partial charge on any atom is -0.399 e. The third kappa shape index (κ3) is 6.28. The van der Waals surface area contributed by atoms with E-state index < -0.39 is 18.0 Å². The monoisotopic (exact) mass is 509 g/mol. The molecule has 1 fully saturated rings. The lowest BCUT2D eigenvalue weighted by Crippen LogP contribution is -2.47. The second-order valence-corrected chi connectivity index (χ2v) is 9.54. The van der Waals surface area contributed by atoms with Crippen LogP contribution in [-0.4, -0.2) is 55.7 Å². The van der Waals surface area contributed by atoms with Crippen LogP contribution in [0.5, 0.6) is 5.06 Å². The lowest BCUT2D eigenvalue weighted by Gasteiger charge is -2.19. The summed E-state index contributed by atoms with van der Waals surface area (Å²) in [4.78, 5) is 39.3. The van der Waals surface area contributed by atoms with Crippen molar-refractivity contribution in [2.24, 2.45) is 0 Å². The van der Waals surface area contributed by atoms with Crippen LogP contribution < -0.4 is 15.4 Å². The van der Waals surface area contributed by atoms with Crippen molar-refractivity contribution >= 4 is 50.9 Å². The minimum absolute atomic E-state index is 0.00904. The molecule has 1 saturated heterocycles. The number of hydrogen-bond acceptors (Lipinski definition) is 6. The standard InChI is InChI=1S/C21H24BrN3O5S/c1-13-11-14(5-6-15(13)20(27)25-9-3-4-10-25)23-19(26)16(12-29-2)24-21(28)30-18-8-7-17(22)31-18/h5-8,11,16H,3-4,9-10,12H2,1-2H3,(H,23,26)(H,24,28)/t16-/m0/s1. The van der Waals surface area contributed by atoms with Gasteiger partial charge in [0.1, 0.15) is 6.04 Å². The van der Waals surface area contributed by atoms with Crippen molar-refractivity contribution in [3.63, 3.8) is 0 Å². The van der Waals surface area contributed by atoms with E-state index in [1.807, 2.05) is 11.8 Å². The van der Waals surface area contributed by atoms with Gasteiger partial charge in [-0.2, -0.15) is 0 Å². The Morgan fingerprint density at radius 2 is 1.94 bits per heavy atom. The maximum atomic E-state index is 12.7. The predicted octanol–water partition coefficient (Wildman–Crippen LogP) is 3.80. The van der Waals surface area contributed by atoms with Crippen LogP contribution in [0.25, 0.3) is 0 Å². The number of carbonyl (C=O) groups is 3. The van der Waals surface area contributed by atoms with Crippen LogP contribution >= 0.6 is 27.3 Å². The third-order valence-electron chi connectivity index (χ3n) is 4.80. The van der Waals surface area contributed by atoms with Gasteiger partial charge in [-0.05, 0) is 71.6 Å². The van der Waals surface area contributed by atoms with E-state index >= 15 is 0 Å². The first-order valence-electron chi connectivity index (χ1n) is 9.81. The Kier molecular flexibility index (Phi) is 8.05. The number of aryl methyl sites for hydroxylation is 1. The molecule has 0 aliphatic carbocycles. The Morgan fingerprint density at radius 1 is 1.19 bits per heavy atom. The molecular weight excluding hydrogens is 486 g/mol. The van der Waals surface area contributed by atoms with E-state index in [4.69, 9.17) is 9.47 Å². The molecule has 1 aliphatic rings. The molecule has 0 spiro atoms. The maximum absolute atomic E-state index is 12.7. The zero-order chi connectivity index (χ0) is 22.4. The fraction of sp³-hybridized carbons (Fsp3) is 0.381. The summed E-state index contributed by atoms with van der Waals surface area (Å²) < 4.78 is 11.1. The van der Waals surface area contributed by atoms with Crippen molar-refractivity contribution in [2.45, 2.75) is 25.8 Å². The molecule has 166 valence electrons. The number of methoxy groups -OCH3 is 1. The first-order valence-corrected chi connectivity index (χ1v) is 11.4. The van der Waals surface area contributed by atoms with E-state index in [9.17, 15) is 14.4 Å². The highest BCUT2D eigenvalue weighted by molar-refractivity contribution is 9.11. The summed E-state index contributed by atoms with van der Waals surface area (Å²) >= 11 is 4.55. The highest BCUT2D eigenvalue weighted by atomic mass is 79.9. The van der Waals surface area contributed by atoms with Crippen molar-refractivity contribution in [3.8, 4) is 5.06 Å². The number of thiophene rings is 1. The number of amides is 3. The SMILES string of the molecule is COC[C@H](NC(=O)Oc1ccc(Br)s1)C(=O)Nc1ccc(C(=O)N2CCCC2)c(C)c1. The van der Waals surface area contributed by atoms with E-state index in [1.165, 1.54) is 18.4 Å². The molecule has 1 aromatic carbocycles. The smallest absolute Gasteiger partial charge is 0.399 e. The Hall–Kier alpha value is -2.43. The molecule has 0 radical (unpaired) electrons. The molecule has 0 bridgehead atoms. The summed E-state index contributed by atoms with van der Waals surface area (Å²) in [5.74, 6) is -0.445. The second-order valence-electron chi connectivity index (χ2n) is 7.12. The number of nitrogens with one attached hydrogen (secondary N) is 2. The van der Waals surface area contributed by atoms with Crippen molar-refractivity contribution in [1.29, 1.82) is 0 Å². The van der Waals surface area contributed by atoms with Crippen LogP contribution in [0.4, 0.5) is 10.5 Å². The fourth-order valence-corrected chi connectivity index (χ4v) is 4.46. The molecule has 0 saturated carbocycles. The molecule has 2 aromatic rings. The van der Waals surface area contributed by atoms with Gasteiger partial charge >= 0.3 is 6.09 Å². The van der Waals surface area contributed by atoms with Gasteiger partial charge in [-0.15, -0.1) is 0 Å². The van der Waals surface area contributed by atoms with Gasteiger partial charge in [0, 0.05) is 31.5 Å². The average molecular weight is 510 g/mol. The molecule has 10 heteroatoms. The van der Waals surface area contributed by atoms with E-state index in [-0.39, 0.29) is 12.5 Å². The molecule has 1 aliphatic heterocycles. The lowest BCUT2D eigenvalue weighted by atomic mass is 10.1. The first kappa shape index (κ1) is 23.2. The van der Waals surface area contributed by atoms with Crippen molar-refractivity contribution in [1.82, 2.24) is 10.2 Å². The number of ether oxygens (including phenoxy) is 2. The summed E-state index contributed by atoms with van der Waals surface area (Å²) in [6.07, 6.45) is 1.30. The van der Waals surface area contributed by atoms with E-state index in [0.717, 1.165) is 35.3 Å². The largest absolute Gasteiger partial charge is 0.414 e. The van der Waals surface area contributed by atoms with Gasteiger partial charge in [0.2, 0.25) is 5.91 Å². The molecule has 3 amide bonds. The van der Waals surface area contributed by atoms with Gasteiger partial charge < -0.3 is 25.0 Å². The van der Waals surface area contributed by atoms with E-state index in [0.29, 0.717) is 16.3 Å². The number of nitrogens with zero attached hydrogens (tertiary/aromatic N) is 1. The Morgan fingerprint density at radius 3 is 2.55 bits per heavy atom. The van der Waals surface area contributed by atoms with Crippen molar-refractivity contribution in [3.05, 3.63) is 45.2 Å². The average Bonchev–Trinajstić information content (AvgIpc) is 3.39. The highest BCUT2D eigenvalue weighted by Crippen LogP contribution is 2.28. The van der Waals surface area contributed by atoms with Gasteiger partial charge in [0.15, 0.2) is 5.06 Å². The second kappa shape index (κ2) is 10.7. The number of halogens is 1. The van der Waals surface area contributed by atoms with Gasteiger partial charge in [-0.25, -0.2) is 4.79 Å². The van der Waals surface area contributed by atoms with Crippen molar-refractivity contribution < 1.29 is 23.9 Å². The van der Waals surface area contributed by atoms with Crippen LogP contribution in [-0.2, 0) is 9.53 Å². The Bertz CT molecular complexity index is 958. The lowest BCUT2D eigenvalue weighted by molar-refractivity contribution is -0.119. The quantitative estimate of drug-likeness (QED) is 0.591. The summed E-state index contributed by atoms with van der Waals surface area (Å²) in [5, 5.41) is 5.67. The topological polar surface area (TPSA) is 97.0 Å². The number of carbonyl (C=O) groups excluding carboxylic acids is 3. The molecule has 2 N–H and O–H groups in total. The molecule has 31 heavy (non-hydrogen) atoms. The third-order valence-corrected chi connectivity index (χ3v) is 6.30. The van der Waals surface area contributed by atoms with Crippen LogP contribution in [0.15, 0.2) is 34.1 Å². The normalized spacial score (nSPS) is 14.2. The summed E-state index contributed by atoms with van der Waals surface area (Å²) in [7, 11) is 1.44. The number of benzene rings is 1.